The van der Waals surface area contributed by atoms with Crippen molar-refractivity contribution >= 4 is 34.1 Å². The average molecular weight is 389 g/mol. The Labute approximate surface area is 158 Å². The number of alkyl halides is 3. The van der Waals surface area contributed by atoms with Gasteiger partial charge in [0.2, 0.25) is 11.8 Å². The first-order chi connectivity index (χ1) is 13.2. The number of aryl methyl sites for hydroxylation is 1. The van der Waals surface area contributed by atoms with Crippen LogP contribution in [0.5, 0.6) is 0 Å². The first kappa shape index (κ1) is 19.5. The molecule has 2 amide bonds. The molecule has 146 valence electrons. The summed E-state index contributed by atoms with van der Waals surface area (Å²) >= 11 is 0. The van der Waals surface area contributed by atoms with Crippen molar-refractivity contribution in [3.63, 3.8) is 0 Å². The largest absolute Gasteiger partial charge is 0.418 e. The van der Waals surface area contributed by atoms with Crippen LogP contribution in [0.3, 0.4) is 0 Å². The smallest absolute Gasteiger partial charge is 0.361 e. The van der Waals surface area contributed by atoms with Crippen LogP contribution in [-0.2, 0) is 22.2 Å². The quantitative estimate of drug-likeness (QED) is 0.591. The second kappa shape index (κ2) is 7.75. The molecule has 3 rings (SSSR count). The molecule has 0 aliphatic carbocycles. The molecule has 5 nitrogen and oxygen atoms in total. The molecule has 0 atom stereocenters. The van der Waals surface area contributed by atoms with Crippen molar-refractivity contribution in [1.29, 1.82) is 0 Å². The zero-order chi connectivity index (χ0) is 20.3. The van der Waals surface area contributed by atoms with E-state index in [2.05, 4.69) is 15.6 Å². The highest BCUT2D eigenvalue weighted by atomic mass is 19.4. The Hall–Kier alpha value is -3.29. The Bertz CT molecular complexity index is 1020. The number of aromatic nitrogens is 1. The van der Waals surface area contributed by atoms with Gasteiger partial charge in [0.05, 0.1) is 11.3 Å². The molecule has 0 aliphatic rings. The van der Waals surface area contributed by atoms with Crippen LogP contribution in [0, 0.1) is 0 Å². The molecular formula is C20H18F3N3O2. The minimum atomic E-state index is -4.67. The number of halogens is 3. The van der Waals surface area contributed by atoms with Gasteiger partial charge in [0.1, 0.15) is 0 Å². The highest BCUT2D eigenvalue weighted by molar-refractivity contribution is 5.94. The van der Waals surface area contributed by atoms with Crippen LogP contribution >= 0.6 is 0 Å². The summed E-state index contributed by atoms with van der Waals surface area (Å²) < 4.78 is 40.0. The summed E-state index contributed by atoms with van der Waals surface area (Å²) in [5.41, 5.74) is 0.509. The van der Waals surface area contributed by atoms with Crippen molar-refractivity contribution in [3.8, 4) is 0 Å². The van der Waals surface area contributed by atoms with Gasteiger partial charge in [-0.25, -0.2) is 0 Å². The van der Waals surface area contributed by atoms with Crippen molar-refractivity contribution in [2.75, 3.05) is 10.6 Å². The summed E-state index contributed by atoms with van der Waals surface area (Å²) in [6.07, 6.45) is -2.46. The van der Waals surface area contributed by atoms with Crippen LogP contribution in [-0.4, -0.2) is 16.8 Å². The second-order valence-electron chi connectivity index (χ2n) is 6.35. The van der Waals surface area contributed by atoms with Crippen molar-refractivity contribution in [3.05, 3.63) is 59.8 Å². The number of nitrogens with one attached hydrogen (secondary N) is 3. The maximum atomic E-state index is 13.3. The number of para-hydroxylation sites is 1. The molecule has 3 aromatic rings. The van der Waals surface area contributed by atoms with Crippen molar-refractivity contribution in [2.45, 2.75) is 25.9 Å². The minimum Gasteiger partial charge on any atom is -0.361 e. The van der Waals surface area contributed by atoms with E-state index in [1.807, 2.05) is 24.3 Å². The number of hydrogen-bond donors (Lipinski definition) is 3. The SMILES string of the molecule is CC(=O)Nc1ccc(NC(=O)CCc2c[nH]c3ccccc23)c(C(F)(F)F)c1. The maximum Gasteiger partial charge on any atom is 0.418 e. The fourth-order valence-corrected chi connectivity index (χ4v) is 2.97. The first-order valence-electron chi connectivity index (χ1n) is 8.58. The zero-order valence-corrected chi connectivity index (χ0v) is 15.0. The lowest BCUT2D eigenvalue weighted by Gasteiger charge is -2.15. The standard InChI is InChI=1S/C20H18F3N3O2/c1-12(27)25-14-7-8-18(16(10-14)20(21,22)23)26-19(28)9-6-13-11-24-17-5-3-2-4-15(13)17/h2-5,7-8,10-11,24H,6,9H2,1H3,(H,25,27)(H,26,28). The van der Waals surface area contributed by atoms with Crippen molar-refractivity contribution < 1.29 is 22.8 Å². The Morgan fingerprint density at radius 1 is 1.07 bits per heavy atom. The van der Waals surface area contributed by atoms with Crippen LogP contribution in [0.15, 0.2) is 48.7 Å². The monoisotopic (exact) mass is 389 g/mol. The minimum absolute atomic E-state index is 0.0108. The van der Waals surface area contributed by atoms with Gasteiger partial charge in [-0.05, 0) is 36.2 Å². The van der Waals surface area contributed by atoms with E-state index in [9.17, 15) is 22.8 Å². The number of hydrogen-bond acceptors (Lipinski definition) is 2. The van der Waals surface area contributed by atoms with Crippen LogP contribution < -0.4 is 10.6 Å². The summed E-state index contributed by atoms with van der Waals surface area (Å²) in [6, 6.07) is 10.8. The summed E-state index contributed by atoms with van der Waals surface area (Å²) in [6.45, 7) is 1.20. The number of fused-ring (bicyclic) bond motifs is 1. The lowest BCUT2D eigenvalue weighted by Crippen LogP contribution is -2.17. The molecule has 0 saturated carbocycles. The van der Waals surface area contributed by atoms with Gasteiger partial charge in [0.15, 0.2) is 0 Å². The van der Waals surface area contributed by atoms with Gasteiger partial charge in [-0.3, -0.25) is 9.59 Å². The number of carbonyl (C=O) groups is 2. The number of anilines is 2. The third kappa shape index (κ3) is 4.51. The van der Waals surface area contributed by atoms with Crippen molar-refractivity contribution in [2.24, 2.45) is 0 Å². The van der Waals surface area contributed by atoms with Gasteiger partial charge in [-0.15, -0.1) is 0 Å². The molecule has 3 N–H and O–H groups in total. The van der Waals surface area contributed by atoms with E-state index in [1.165, 1.54) is 13.0 Å². The van der Waals surface area contributed by atoms with Crippen LogP contribution in [0.2, 0.25) is 0 Å². The van der Waals surface area contributed by atoms with Gasteiger partial charge in [0, 0.05) is 36.1 Å². The number of benzene rings is 2. The van der Waals surface area contributed by atoms with Gasteiger partial charge in [0.25, 0.3) is 0 Å². The maximum absolute atomic E-state index is 13.3. The highest BCUT2D eigenvalue weighted by Gasteiger charge is 2.34. The molecule has 1 aromatic heterocycles. The van der Waals surface area contributed by atoms with Crippen LogP contribution in [0.1, 0.15) is 24.5 Å². The Balaban J connectivity index is 1.73. The number of carbonyl (C=O) groups excluding carboxylic acids is 2. The van der Waals surface area contributed by atoms with E-state index < -0.39 is 23.6 Å². The lowest BCUT2D eigenvalue weighted by atomic mass is 10.1. The van der Waals surface area contributed by atoms with Crippen molar-refractivity contribution in [1.82, 2.24) is 4.98 Å². The van der Waals surface area contributed by atoms with E-state index in [4.69, 9.17) is 0 Å². The molecule has 0 radical (unpaired) electrons. The van der Waals surface area contributed by atoms with E-state index in [-0.39, 0.29) is 17.8 Å². The highest BCUT2D eigenvalue weighted by Crippen LogP contribution is 2.36. The summed E-state index contributed by atoms with van der Waals surface area (Å²) in [5, 5.41) is 5.61. The number of aromatic amines is 1. The predicted molar refractivity (Wildman–Crippen MR) is 101 cm³/mol. The molecule has 0 bridgehead atoms. The van der Waals surface area contributed by atoms with E-state index in [1.54, 1.807) is 6.20 Å². The molecule has 0 unspecified atom stereocenters. The summed E-state index contributed by atoms with van der Waals surface area (Å²) in [7, 11) is 0. The molecule has 8 heteroatoms. The summed E-state index contributed by atoms with van der Waals surface area (Å²) in [4.78, 5) is 26.4. The Kier molecular flexibility index (Phi) is 5.39. The van der Waals surface area contributed by atoms with Gasteiger partial charge < -0.3 is 15.6 Å². The summed E-state index contributed by atoms with van der Waals surface area (Å²) in [5.74, 6) is -1.01. The Morgan fingerprint density at radius 3 is 2.54 bits per heavy atom. The fraction of sp³-hybridized carbons (Fsp3) is 0.200. The molecule has 28 heavy (non-hydrogen) atoms. The van der Waals surface area contributed by atoms with Crippen LogP contribution in [0.4, 0.5) is 24.5 Å². The van der Waals surface area contributed by atoms with Gasteiger partial charge in [-0.1, -0.05) is 18.2 Å². The fourth-order valence-electron chi connectivity index (χ4n) is 2.97. The molecule has 1 heterocycles. The molecular weight excluding hydrogens is 371 g/mol. The normalized spacial score (nSPS) is 11.4. The molecule has 2 aromatic carbocycles. The molecule has 0 fully saturated rings. The lowest BCUT2D eigenvalue weighted by molar-refractivity contribution is -0.137. The third-order valence-electron chi connectivity index (χ3n) is 4.22. The van der Waals surface area contributed by atoms with E-state index >= 15 is 0 Å². The van der Waals surface area contributed by atoms with E-state index in [0.29, 0.717) is 6.42 Å². The first-order valence-corrected chi connectivity index (χ1v) is 8.58. The predicted octanol–water partition coefficient (Wildman–Crippen LogP) is 4.72. The second-order valence-corrected chi connectivity index (χ2v) is 6.35. The average Bonchev–Trinajstić information content (AvgIpc) is 3.03. The van der Waals surface area contributed by atoms with Gasteiger partial charge in [-0.2, -0.15) is 13.2 Å². The molecule has 0 saturated heterocycles. The number of amides is 2. The topological polar surface area (TPSA) is 74.0 Å². The van der Waals surface area contributed by atoms with Crippen LogP contribution in [0.25, 0.3) is 10.9 Å². The number of rotatable bonds is 5. The Morgan fingerprint density at radius 2 is 1.82 bits per heavy atom. The third-order valence-corrected chi connectivity index (χ3v) is 4.22. The zero-order valence-electron chi connectivity index (χ0n) is 15.0. The molecule has 0 aliphatic heterocycles. The van der Waals surface area contributed by atoms with Gasteiger partial charge >= 0.3 is 6.18 Å². The van der Waals surface area contributed by atoms with E-state index in [0.717, 1.165) is 28.6 Å². The molecule has 0 spiro atoms. The number of H-pyrrole nitrogens is 1.